The van der Waals surface area contributed by atoms with E-state index >= 15 is 0 Å². The molecule has 0 unspecified atom stereocenters. The van der Waals surface area contributed by atoms with Crippen LogP contribution in [0.3, 0.4) is 0 Å². The van der Waals surface area contributed by atoms with E-state index in [1.807, 2.05) is 19.1 Å². The quantitative estimate of drug-likeness (QED) is 0.785. The Labute approximate surface area is 161 Å². The van der Waals surface area contributed by atoms with Crippen LogP contribution >= 0.6 is 11.6 Å². The SMILES string of the molecule is C[C@H]1CN(CC(=O)CCCC(=O)O)C(=O)c2cc(-c3ccc(Cl)cc3)nn21. The first kappa shape index (κ1) is 19.1. The molecule has 0 radical (unpaired) electrons. The van der Waals surface area contributed by atoms with Crippen LogP contribution in [0.1, 0.15) is 42.7 Å². The Bertz CT molecular complexity index is 876. The summed E-state index contributed by atoms with van der Waals surface area (Å²) in [5.41, 5.74) is 1.98. The lowest BCUT2D eigenvalue weighted by Crippen LogP contribution is -2.44. The smallest absolute Gasteiger partial charge is 0.303 e. The average Bonchev–Trinajstić information content (AvgIpc) is 3.06. The molecule has 1 atom stereocenters. The van der Waals surface area contributed by atoms with Crippen molar-refractivity contribution in [3.8, 4) is 11.3 Å². The third kappa shape index (κ3) is 4.36. The van der Waals surface area contributed by atoms with Gasteiger partial charge in [-0.25, -0.2) is 0 Å². The van der Waals surface area contributed by atoms with Crippen molar-refractivity contribution in [1.82, 2.24) is 14.7 Å². The zero-order valence-electron chi connectivity index (χ0n) is 14.9. The predicted molar refractivity (Wildman–Crippen MR) is 99.8 cm³/mol. The fraction of sp³-hybridized carbons (Fsp3) is 0.368. The number of nitrogens with zero attached hydrogens (tertiary/aromatic N) is 3. The number of halogens is 1. The number of amides is 1. The number of benzene rings is 1. The monoisotopic (exact) mass is 389 g/mol. The standard InChI is InChI=1S/C19H20ClN3O4/c1-12-10-22(11-15(24)3-2-4-18(25)26)19(27)17-9-16(21-23(12)17)13-5-7-14(20)8-6-13/h5-9,12H,2-4,10-11H2,1H3,(H,25,26)/t12-/m0/s1. The Hall–Kier alpha value is -2.67. The van der Waals surface area contributed by atoms with Crippen LogP contribution in [0.2, 0.25) is 5.02 Å². The van der Waals surface area contributed by atoms with E-state index in [2.05, 4.69) is 5.10 Å². The van der Waals surface area contributed by atoms with E-state index in [9.17, 15) is 14.4 Å². The fourth-order valence-corrected chi connectivity index (χ4v) is 3.28. The Kier molecular flexibility index (Phi) is 5.60. The van der Waals surface area contributed by atoms with Crippen molar-refractivity contribution in [3.63, 3.8) is 0 Å². The number of hydrogen-bond acceptors (Lipinski definition) is 4. The average molecular weight is 390 g/mol. The summed E-state index contributed by atoms with van der Waals surface area (Å²) >= 11 is 5.92. The number of carbonyl (C=O) groups excluding carboxylic acids is 2. The van der Waals surface area contributed by atoms with E-state index in [1.54, 1.807) is 22.9 Å². The van der Waals surface area contributed by atoms with Crippen molar-refractivity contribution in [1.29, 1.82) is 0 Å². The highest BCUT2D eigenvalue weighted by molar-refractivity contribution is 6.30. The van der Waals surface area contributed by atoms with Crippen LogP contribution in [-0.4, -0.2) is 50.5 Å². The Balaban J connectivity index is 1.73. The minimum Gasteiger partial charge on any atom is -0.481 e. The van der Waals surface area contributed by atoms with Crippen molar-refractivity contribution in [2.24, 2.45) is 0 Å². The number of aliphatic carboxylic acids is 1. The molecule has 142 valence electrons. The molecule has 8 heteroatoms. The van der Waals surface area contributed by atoms with Crippen LogP contribution in [0.4, 0.5) is 0 Å². The van der Waals surface area contributed by atoms with Crippen LogP contribution in [0, 0.1) is 0 Å². The summed E-state index contributed by atoms with van der Waals surface area (Å²) in [7, 11) is 0. The maximum absolute atomic E-state index is 12.8. The van der Waals surface area contributed by atoms with Gasteiger partial charge in [-0.2, -0.15) is 5.10 Å². The summed E-state index contributed by atoms with van der Waals surface area (Å²) in [5, 5.41) is 13.8. The van der Waals surface area contributed by atoms with Crippen molar-refractivity contribution >= 4 is 29.3 Å². The van der Waals surface area contributed by atoms with E-state index in [4.69, 9.17) is 16.7 Å². The molecule has 0 bridgehead atoms. The first-order valence-electron chi connectivity index (χ1n) is 8.73. The fourth-order valence-electron chi connectivity index (χ4n) is 3.16. The van der Waals surface area contributed by atoms with E-state index in [0.29, 0.717) is 23.0 Å². The topological polar surface area (TPSA) is 92.5 Å². The van der Waals surface area contributed by atoms with Gasteiger partial charge in [0.2, 0.25) is 0 Å². The molecule has 1 aliphatic rings. The highest BCUT2D eigenvalue weighted by Crippen LogP contribution is 2.27. The molecule has 0 aliphatic carbocycles. The highest BCUT2D eigenvalue weighted by atomic mass is 35.5. The molecule has 1 amide bonds. The van der Waals surface area contributed by atoms with Crippen LogP contribution in [0.25, 0.3) is 11.3 Å². The molecule has 1 N–H and O–H groups in total. The van der Waals surface area contributed by atoms with Gasteiger partial charge in [-0.3, -0.25) is 19.1 Å². The lowest BCUT2D eigenvalue weighted by molar-refractivity contribution is -0.137. The van der Waals surface area contributed by atoms with Gasteiger partial charge in [0.05, 0.1) is 18.3 Å². The van der Waals surface area contributed by atoms with Gasteiger partial charge < -0.3 is 10.0 Å². The van der Waals surface area contributed by atoms with Gasteiger partial charge in [0.25, 0.3) is 5.91 Å². The molecule has 1 aliphatic heterocycles. The maximum atomic E-state index is 12.8. The molecule has 1 aromatic heterocycles. The van der Waals surface area contributed by atoms with Crippen molar-refractivity contribution in [2.75, 3.05) is 13.1 Å². The summed E-state index contributed by atoms with van der Waals surface area (Å²) in [6, 6.07) is 8.88. The van der Waals surface area contributed by atoms with Crippen LogP contribution in [0.15, 0.2) is 30.3 Å². The molecular formula is C19H20ClN3O4. The van der Waals surface area contributed by atoms with Crippen LogP contribution in [-0.2, 0) is 9.59 Å². The number of carboxylic acids is 1. The summed E-state index contributed by atoms with van der Waals surface area (Å²) in [4.78, 5) is 36.9. The van der Waals surface area contributed by atoms with Gasteiger partial charge in [-0.15, -0.1) is 0 Å². The second-order valence-electron chi connectivity index (χ2n) is 6.69. The minimum absolute atomic E-state index is 0.00967. The van der Waals surface area contributed by atoms with E-state index < -0.39 is 5.97 Å². The third-order valence-corrected chi connectivity index (χ3v) is 4.75. The van der Waals surface area contributed by atoms with E-state index in [-0.39, 0.29) is 43.5 Å². The molecule has 0 saturated heterocycles. The first-order chi connectivity index (χ1) is 12.8. The molecule has 2 heterocycles. The number of carbonyl (C=O) groups is 3. The minimum atomic E-state index is -0.927. The zero-order chi connectivity index (χ0) is 19.6. The van der Waals surface area contributed by atoms with Gasteiger partial charge in [0.15, 0.2) is 5.78 Å². The second kappa shape index (κ2) is 7.92. The number of fused-ring (bicyclic) bond motifs is 1. The molecule has 0 fully saturated rings. The van der Waals surface area contributed by atoms with Gasteiger partial charge in [0.1, 0.15) is 5.69 Å². The summed E-state index contributed by atoms with van der Waals surface area (Å²) in [5.74, 6) is -1.31. The number of aromatic nitrogens is 2. The number of hydrogen-bond donors (Lipinski definition) is 1. The lowest BCUT2D eigenvalue weighted by Gasteiger charge is -2.31. The normalized spacial score (nSPS) is 16.3. The largest absolute Gasteiger partial charge is 0.481 e. The number of ketones is 1. The van der Waals surface area contributed by atoms with Crippen LogP contribution in [0.5, 0.6) is 0 Å². The number of rotatable bonds is 7. The van der Waals surface area contributed by atoms with Crippen LogP contribution < -0.4 is 0 Å². The molecule has 27 heavy (non-hydrogen) atoms. The maximum Gasteiger partial charge on any atom is 0.303 e. The second-order valence-corrected chi connectivity index (χ2v) is 7.12. The summed E-state index contributed by atoms with van der Waals surface area (Å²) in [6.07, 6.45) is 0.386. The van der Waals surface area contributed by atoms with Crippen molar-refractivity contribution in [2.45, 2.75) is 32.2 Å². The van der Waals surface area contributed by atoms with Gasteiger partial charge in [-0.05, 0) is 31.5 Å². The molecule has 1 aromatic carbocycles. The van der Waals surface area contributed by atoms with Gasteiger partial charge in [0, 0.05) is 30.0 Å². The molecule has 3 rings (SSSR count). The van der Waals surface area contributed by atoms with E-state index in [0.717, 1.165) is 5.56 Å². The Morgan fingerprint density at radius 3 is 2.63 bits per heavy atom. The van der Waals surface area contributed by atoms with E-state index in [1.165, 1.54) is 4.90 Å². The molecular weight excluding hydrogens is 370 g/mol. The highest BCUT2D eigenvalue weighted by Gasteiger charge is 2.31. The molecule has 7 nitrogen and oxygen atoms in total. The molecule has 0 saturated carbocycles. The number of carboxylic acid groups (broad SMARTS) is 1. The summed E-state index contributed by atoms with van der Waals surface area (Å²) < 4.78 is 1.69. The zero-order valence-corrected chi connectivity index (χ0v) is 15.6. The lowest BCUT2D eigenvalue weighted by atomic mass is 10.1. The Morgan fingerprint density at radius 2 is 1.96 bits per heavy atom. The van der Waals surface area contributed by atoms with Crippen molar-refractivity contribution < 1.29 is 19.5 Å². The summed E-state index contributed by atoms with van der Waals surface area (Å²) in [6.45, 7) is 2.32. The third-order valence-electron chi connectivity index (χ3n) is 4.50. The van der Waals surface area contributed by atoms with Gasteiger partial charge in [-0.1, -0.05) is 23.7 Å². The Morgan fingerprint density at radius 1 is 1.26 bits per heavy atom. The van der Waals surface area contributed by atoms with Crippen molar-refractivity contribution in [3.05, 3.63) is 41.0 Å². The first-order valence-corrected chi connectivity index (χ1v) is 9.11. The number of Topliss-reactive ketones (excluding diaryl/α,β-unsaturated/α-hetero) is 1. The van der Waals surface area contributed by atoms with Gasteiger partial charge >= 0.3 is 5.97 Å². The molecule has 0 spiro atoms. The predicted octanol–water partition coefficient (Wildman–Crippen LogP) is 3.04. The molecule has 2 aromatic rings.